The predicted molar refractivity (Wildman–Crippen MR) is 114 cm³/mol. The van der Waals surface area contributed by atoms with Gasteiger partial charge < -0.3 is 0 Å². The molecule has 1 N–H and O–H groups in total. The van der Waals surface area contributed by atoms with Crippen LogP contribution in [0.4, 0.5) is 10.8 Å². The zero-order valence-electron chi connectivity index (χ0n) is 16.0. The molecule has 1 aliphatic heterocycles. The molecule has 3 heterocycles. The molecule has 0 fully saturated rings. The van der Waals surface area contributed by atoms with Crippen molar-refractivity contribution >= 4 is 39.7 Å². The summed E-state index contributed by atoms with van der Waals surface area (Å²) in [5.74, 6) is -0.475. The van der Waals surface area contributed by atoms with Gasteiger partial charge in [0.05, 0.1) is 11.4 Å². The molecule has 0 saturated carbocycles. The molecule has 1 aromatic carbocycles. The van der Waals surface area contributed by atoms with E-state index in [0.717, 1.165) is 16.8 Å². The quantitative estimate of drug-likeness (QED) is 0.712. The van der Waals surface area contributed by atoms with Crippen molar-refractivity contribution in [2.24, 2.45) is 5.10 Å². The van der Waals surface area contributed by atoms with Crippen LogP contribution >= 0.6 is 11.3 Å². The minimum absolute atomic E-state index is 0.123. The van der Waals surface area contributed by atoms with Crippen LogP contribution in [0.15, 0.2) is 53.1 Å². The van der Waals surface area contributed by atoms with Gasteiger partial charge in [-0.05, 0) is 43.2 Å². The van der Waals surface area contributed by atoms with Gasteiger partial charge in [0.25, 0.3) is 5.91 Å². The third-order valence-electron chi connectivity index (χ3n) is 4.54. The molecule has 0 radical (unpaired) electrons. The Hall–Kier alpha value is -3.39. The van der Waals surface area contributed by atoms with Gasteiger partial charge >= 0.3 is 0 Å². The van der Waals surface area contributed by atoms with E-state index in [2.05, 4.69) is 20.4 Å². The Bertz CT molecular complexity index is 1110. The maximum Gasteiger partial charge on any atom is 0.273 e. The number of benzene rings is 1. The second kappa shape index (κ2) is 7.92. The van der Waals surface area contributed by atoms with Crippen molar-refractivity contribution in [3.63, 3.8) is 0 Å². The van der Waals surface area contributed by atoms with Crippen LogP contribution in [-0.4, -0.2) is 27.5 Å². The lowest BCUT2D eigenvalue weighted by Gasteiger charge is -2.24. The zero-order chi connectivity index (χ0) is 20.4. The first-order chi connectivity index (χ1) is 14.0. The van der Waals surface area contributed by atoms with Gasteiger partial charge in [-0.2, -0.15) is 5.10 Å². The van der Waals surface area contributed by atoms with E-state index < -0.39 is 0 Å². The highest BCUT2D eigenvalue weighted by molar-refractivity contribution is 7.14. The van der Waals surface area contributed by atoms with Gasteiger partial charge in [-0.15, -0.1) is 11.3 Å². The summed E-state index contributed by atoms with van der Waals surface area (Å²) in [6.07, 6.45) is 2.23. The Kier molecular flexibility index (Phi) is 5.18. The SMILES string of the molecule is Cc1ccc(C)c(N2N=C(C(=O)Nc3nc(-c4ccccn4)cs3)CCC2=O)c1. The Morgan fingerprint density at radius 3 is 2.79 bits per heavy atom. The van der Waals surface area contributed by atoms with Gasteiger partial charge in [-0.1, -0.05) is 18.2 Å². The van der Waals surface area contributed by atoms with Crippen molar-refractivity contribution in [1.82, 2.24) is 9.97 Å². The first-order valence-electron chi connectivity index (χ1n) is 9.17. The maximum absolute atomic E-state index is 12.7. The molecule has 29 heavy (non-hydrogen) atoms. The second-order valence-corrected chi connectivity index (χ2v) is 7.61. The van der Waals surface area contributed by atoms with E-state index in [-0.39, 0.29) is 18.2 Å². The normalized spacial score (nSPS) is 13.9. The number of carbonyl (C=O) groups is 2. The molecule has 0 bridgehead atoms. The van der Waals surface area contributed by atoms with Crippen molar-refractivity contribution in [2.75, 3.05) is 10.3 Å². The molecule has 0 saturated heterocycles. The zero-order valence-corrected chi connectivity index (χ0v) is 16.9. The van der Waals surface area contributed by atoms with E-state index in [1.54, 1.807) is 6.20 Å². The van der Waals surface area contributed by atoms with Crippen LogP contribution in [0.1, 0.15) is 24.0 Å². The number of rotatable bonds is 4. The Morgan fingerprint density at radius 2 is 2.00 bits per heavy atom. The molecule has 1 aliphatic rings. The van der Waals surface area contributed by atoms with E-state index in [0.29, 0.717) is 28.6 Å². The van der Waals surface area contributed by atoms with Crippen LogP contribution in [0, 0.1) is 13.8 Å². The van der Waals surface area contributed by atoms with E-state index in [1.165, 1.54) is 16.3 Å². The third-order valence-corrected chi connectivity index (χ3v) is 5.30. The minimum atomic E-state index is -0.352. The molecule has 7 nitrogen and oxygen atoms in total. The molecule has 0 aliphatic carbocycles. The number of hydrogen-bond donors (Lipinski definition) is 1. The molecule has 0 spiro atoms. The first kappa shape index (κ1) is 18.9. The second-order valence-electron chi connectivity index (χ2n) is 6.75. The third kappa shape index (κ3) is 4.07. The number of pyridine rings is 1. The number of amides is 2. The number of anilines is 2. The lowest BCUT2D eigenvalue weighted by Crippen LogP contribution is -2.36. The number of hydrogen-bond acceptors (Lipinski definition) is 6. The summed E-state index contributed by atoms with van der Waals surface area (Å²) in [7, 11) is 0. The highest BCUT2D eigenvalue weighted by Gasteiger charge is 2.27. The fraction of sp³-hybridized carbons (Fsp3) is 0.190. The molecule has 0 atom stereocenters. The largest absolute Gasteiger partial charge is 0.297 e. The lowest BCUT2D eigenvalue weighted by atomic mass is 10.1. The van der Waals surface area contributed by atoms with Gasteiger partial charge in [-0.3, -0.25) is 19.9 Å². The molecule has 2 aromatic heterocycles. The van der Waals surface area contributed by atoms with Gasteiger partial charge in [0.15, 0.2) is 5.13 Å². The van der Waals surface area contributed by atoms with E-state index >= 15 is 0 Å². The molecule has 3 aromatic rings. The van der Waals surface area contributed by atoms with Crippen LogP contribution in [0.5, 0.6) is 0 Å². The highest BCUT2D eigenvalue weighted by Crippen LogP contribution is 2.26. The summed E-state index contributed by atoms with van der Waals surface area (Å²) < 4.78 is 0. The molecular weight excluding hydrogens is 386 g/mol. The standard InChI is InChI=1S/C21H19N5O2S/c1-13-6-7-14(2)18(11-13)26-19(27)9-8-16(25-26)20(28)24-21-23-17(12-29-21)15-5-3-4-10-22-15/h3-7,10-12H,8-9H2,1-2H3,(H,23,24,28). The van der Waals surface area contributed by atoms with Gasteiger partial charge in [0, 0.05) is 24.4 Å². The predicted octanol–water partition coefficient (Wildman–Crippen LogP) is 3.94. The number of thiazole rings is 1. The fourth-order valence-corrected chi connectivity index (χ4v) is 3.68. The molecule has 2 amide bonds. The van der Waals surface area contributed by atoms with Crippen LogP contribution in [0.3, 0.4) is 0 Å². The maximum atomic E-state index is 12.7. The molecule has 8 heteroatoms. The number of aromatic nitrogens is 2. The Balaban J connectivity index is 1.55. The van der Waals surface area contributed by atoms with Crippen molar-refractivity contribution in [3.8, 4) is 11.4 Å². The summed E-state index contributed by atoms with van der Waals surface area (Å²) >= 11 is 1.32. The highest BCUT2D eigenvalue weighted by atomic mass is 32.1. The lowest BCUT2D eigenvalue weighted by molar-refractivity contribution is -0.118. The summed E-state index contributed by atoms with van der Waals surface area (Å²) in [5, 5.41) is 10.8. The summed E-state index contributed by atoms with van der Waals surface area (Å²) in [4.78, 5) is 33.8. The van der Waals surface area contributed by atoms with Gasteiger partial charge in [0.2, 0.25) is 5.91 Å². The van der Waals surface area contributed by atoms with E-state index in [4.69, 9.17) is 0 Å². The Morgan fingerprint density at radius 1 is 1.14 bits per heavy atom. The molecule has 0 unspecified atom stereocenters. The molecule has 146 valence electrons. The fourth-order valence-electron chi connectivity index (χ4n) is 2.98. The van der Waals surface area contributed by atoms with Crippen LogP contribution < -0.4 is 10.3 Å². The number of carbonyl (C=O) groups excluding carboxylic acids is 2. The summed E-state index contributed by atoms with van der Waals surface area (Å²) in [5.41, 5.74) is 4.39. The van der Waals surface area contributed by atoms with E-state index in [9.17, 15) is 9.59 Å². The minimum Gasteiger partial charge on any atom is -0.297 e. The van der Waals surface area contributed by atoms with Gasteiger partial charge in [-0.25, -0.2) is 9.99 Å². The molecule has 4 rings (SSSR count). The number of nitrogens with one attached hydrogen (secondary N) is 1. The summed E-state index contributed by atoms with van der Waals surface area (Å²) in [6.45, 7) is 3.87. The number of aryl methyl sites for hydroxylation is 2. The molecular formula is C21H19N5O2S. The number of nitrogens with zero attached hydrogens (tertiary/aromatic N) is 4. The summed E-state index contributed by atoms with van der Waals surface area (Å²) in [6, 6.07) is 11.4. The monoisotopic (exact) mass is 405 g/mol. The van der Waals surface area contributed by atoms with E-state index in [1.807, 2.05) is 55.6 Å². The van der Waals surface area contributed by atoms with Gasteiger partial charge in [0.1, 0.15) is 11.4 Å². The van der Waals surface area contributed by atoms with Crippen LogP contribution in [0.2, 0.25) is 0 Å². The average Bonchev–Trinajstić information content (AvgIpc) is 3.19. The van der Waals surface area contributed by atoms with Crippen molar-refractivity contribution in [3.05, 3.63) is 59.1 Å². The topological polar surface area (TPSA) is 87.6 Å². The smallest absolute Gasteiger partial charge is 0.273 e. The van der Waals surface area contributed by atoms with Crippen LogP contribution in [-0.2, 0) is 9.59 Å². The van der Waals surface area contributed by atoms with Crippen molar-refractivity contribution in [2.45, 2.75) is 26.7 Å². The van der Waals surface area contributed by atoms with Crippen LogP contribution in [0.25, 0.3) is 11.4 Å². The Labute approximate surface area is 172 Å². The first-order valence-corrected chi connectivity index (χ1v) is 10.1. The van der Waals surface area contributed by atoms with Crippen molar-refractivity contribution in [1.29, 1.82) is 0 Å². The number of hydrazone groups is 1. The average molecular weight is 405 g/mol. The van der Waals surface area contributed by atoms with Crippen molar-refractivity contribution < 1.29 is 9.59 Å².